The molecule has 0 saturated heterocycles. The third-order valence-corrected chi connectivity index (χ3v) is 4.01. The maximum absolute atomic E-state index is 10.3. The Balaban J connectivity index is 2.06. The summed E-state index contributed by atoms with van der Waals surface area (Å²) in [4.78, 5) is 0. The first-order valence-corrected chi connectivity index (χ1v) is 7.65. The van der Waals surface area contributed by atoms with Crippen molar-refractivity contribution in [2.75, 3.05) is 0 Å². The number of nitrogens with zero attached hydrogens (tertiary/aromatic N) is 2. The smallest absolute Gasteiger partial charge is 0.0846 e. The molecule has 19 heavy (non-hydrogen) atoms. The van der Waals surface area contributed by atoms with Crippen LogP contribution in [0.2, 0.25) is 0 Å². The van der Waals surface area contributed by atoms with Crippen molar-refractivity contribution in [3.8, 4) is 0 Å². The normalized spacial score (nSPS) is 14.3. The van der Waals surface area contributed by atoms with Gasteiger partial charge < -0.3 is 5.11 Å². The summed E-state index contributed by atoms with van der Waals surface area (Å²) in [6, 6.07) is 10.4. The van der Waals surface area contributed by atoms with E-state index in [9.17, 15) is 5.11 Å². The molecule has 0 fully saturated rings. The Morgan fingerprint density at radius 3 is 2.84 bits per heavy atom. The van der Waals surface area contributed by atoms with Gasteiger partial charge in [0, 0.05) is 22.2 Å². The van der Waals surface area contributed by atoms with Gasteiger partial charge in [0.1, 0.15) is 0 Å². The Hall–Kier alpha value is -0.880. The second-order valence-electron chi connectivity index (χ2n) is 4.82. The molecule has 0 aliphatic heterocycles. The van der Waals surface area contributed by atoms with Gasteiger partial charge in [0.15, 0.2) is 0 Å². The molecule has 4 heteroatoms. The first-order valence-electron chi connectivity index (χ1n) is 6.57. The van der Waals surface area contributed by atoms with Crippen LogP contribution in [-0.2, 0) is 6.42 Å². The number of hydrogen-bond donors (Lipinski definition) is 1. The number of aliphatic hydroxyl groups excluding tert-OH is 1. The quantitative estimate of drug-likeness (QED) is 0.815. The van der Waals surface area contributed by atoms with Crippen LogP contribution in [0.4, 0.5) is 0 Å². The van der Waals surface area contributed by atoms with Crippen molar-refractivity contribution in [2.45, 2.75) is 38.8 Å². The zero-order chi connectivity index (χ0) is 13.8. The van der Waals surface area contributed by atoms with E-state index in [4.69, 9.17) is 0 Å². The maximum Gasteiger partial charge on any atom is 0.0846 e. The van der Waals surface area contributed by atoms with Gasteiger partial charge in [0.2, 0.25) is 0 Å². The molecule has 1 aromatic carbocycles. The first-order chi connectivity index (χ1) is 9.10. The SMILES string of the molecule is CCC(C)n1ccc(CC(O)c2cccc(I)c2)n1. The molecule has 2 aromatic rings. The lowest BCUT2D eigenvalue weighted by molar-refractivity contribution is 0.176. The van der Waals surface area contributed by atoms with Gasteiger partial charge in [-0.1, -0.05) is 19.1 Å². The largest absolute Gasteiger partial charge is 0.388 e. The van der Waals surface area contributed by atoms with E-state index in [0.29, 0.717) is 12.5 Å². The van der Waals surface area contributed by atoms with Crippen LogP contribution in [0.5, 0.6) is 0 Å². The van der Waals surface area contributed by atoms with Crippen molar-refractivity contribution in [3.63, 3.8) is 0 Å². The molecule has 0 aliphatic carbocycles. The molecule has 1 N–H and O–H groups in total. The summed E-state index contributed by atoms with van der Waals surface area (Å²) in [6.45, 7) is 4.29. The first kappa shape index (κ1) is 14.5. The number of rotatable bonds is 5. The number of hydrogen-bond acceptors (Lipinski definition) is 2. The van der Waals surface area contributed by atoms with Crippen LogP contribution < -0.4 is 0 Å². The minimum absolute atomic E-state index is 0.406. The molecular weight excluding hydrogens is 351 g/mol. The van der Waals surface area contributed by atoms with E-state index >= 15 is 0 Å². The van der Waals surface area contributed by atoms with Crippen molar-refractivity contribution in [3.05, 3.63) is 51.4 Å². The van der Waals surface area contributed by atoms with Crippen LogP contribution >= 0.6 is 22.6 Å². The van der Waals surface area contributed by atoms with E-state index in [1.54, 1.807) is 0 Å². The highest BCUT2D eigenvalue weighted by atomic mass is 127. The van der Waals surface area contributed by atoms with Gasteiger partial charge in [-0.05, 0) is 59.7 Å². The predicted molar refractivity (Wildman–Crippen MR) is 85.1 cm³/mol. The molecule has 1 aromatic heterocycles. The fourth-order valence-corrected chi connectivity index (χ4v) is 2.52. The maximum atomic E-state index is 10.3. The third kappa shape index (κ3) is 3.79. The second-order valence-corrected chi connectivity index (χ2v) is 6.06. The van der Waals surface area contributed by atoms with E-state index in [1.807, 2.05) is 41.2 Å². The Kier molecular flexibility index (Phi) is 4.99. The fourth-order valence-electron chi connectivity index (χ4n) is 1.95. The molecule has 2 atom stereocenters. The van der Waals surface area contributed by atoms with Crippen LogP contribution in [-0.4, -0.2) is 14.9 Å². The Bertz CT molecular complexity index is 538. The molecule has 102 valence electrons. The predicted octanol–water partition coefficient (Wildman–Crippen LogP) is 3.73. The second kappa shape index (κ2) is 6.52. The highest BCUT2D eigenvalue weighted by Crippen LogP contribution is 2.20. The molecule has 2 unspecified atom stereocenters. The minimum Gasteiger partial charge on any atom is -0.388 e. The van der Waals surface area contributed by atoms with Crippen molar-refractivity contribution in [1.82, 2.24) is 9.78 Å². The molecule has 1 heterocycles. The van der Waals surface area contributed by atoms with Gasteiger partial charge in [-0.25, -0.2) is 0 Å². The zero-order valence-corrected chi connectivity index (χ0v) is 13.4. The Labute approximate surface area is 127 Å². The van der Waals surface area contributed by atoms with Crippen molar-refractivity contribution in [2.24, 2.45) is 0 Å². The fraction of sp³-hybridized carbons (Fsp3) is 0.400. The summed E-state index contributed by atoms with van der Waals surface area (Å²) in [5, 5.41) is 14.8. The molecule has 2 rings (SSSR count). The molecule has 3 nitrogen and oxygen atoms in total. The molecule has 0 saturated carbocycles. The standard InChI is InChI=1S/C15H19IN2O/c1-3-11(2)18-8-7-14(17-18)10-15(19)12-5-4-6-13(16)9-12/h4-9,11,15,19H,3,10H2,1-2H3. The number of aliphatic hydroxyl groups is 1. The van der Waals surface area contributed by atoms with Crippen LogP contribution in [0.1, 0.15) is 43.7 Å². The van der Waals surface area contributed by atoms with Crippen LogP contribution in [0.3, 0.4) is 0 Å². The van der Waals surface area contributed by atoms with Gasteiger partial charge in [0.05, 0.1) is 11.8 Å². The number of benzene rings is 1. The lowest BCUT2D eigenvalue weighted by atomic mass is 10.1. The van der Waals surface area contributed by atoms with E-state index in [1.165, 1.54) is 0 Å². The summed E-state index contributed by atoms with van der Waals surface area (Å²) in [7, 11) is 0. The van der Waals surface area contributed by atoms with Crippen molar-refractivity contribution < 1.29 is 5.11 Å². The molecule has 0 amide bonds. The monoisotopic (exact) mass is 370 g/mol. The molecule has 0 bridgehead atoms. The molecule has 0 radical (unpaired) electrons. The summed E-state index contributed by atoms with van der Waals surface area (Å²) in [5.74, 6) is 0. The van der Waals surface area contributed by atoms with Gasteiger partial charge in [-0.3, -0.25) is 4.68 Å². The summed E-state index contributed by atoms with van der Waals surface area (Å²) < 4.78 is 3.11. The van der Waals surface area contributed by atoms with E-state index in [-0.39, 0.29) is 0 Å². The van der Waals surface area contributed by atoms with Crippen LogP contribution in [0.25, 0.3) is 0 Å². The van der Waals surface area contributed by atoms with Crippen LogP contribution in [0, 0.1) is 3.57 Å². The highest BCUT2D eigenvalue weighted by Gasteiger charge is 2.12. The minimum atomic E-state index is -0.491. The summed E-state index contributed by atoms with van der Waals surface area (Å²) in [5.41, 5.74) is 1.89. The lowest BCUT2D eigenvalue weighted by Gasteiger charge is -2.11. The van der Waals surface area contributed by atoms with Gasteiger partial charge in [-0.15, -0.1) is 0 Å². The molecule has 0 spiro atoms. The van der Waals surface area contributed by atoms with Crippen molar-refractivity contribution in [1.29, 1.82) is 0 Å². The average Bonchev–Trinajstić information content (AvgIpc) is 2.86. The van der Waals surface area contributed by atoms with Gasteiger partial charge >= 0.3 is 0 Å². The van der Waals surface area contributed by atoms with Crippen LogP contribution in [0.15, 0.2) is 36.5 Å². The number of aromatic nitrogens is 2. The highest BCUT2D eigenvalue weighted by molar-refractivity contribution is 14.1. The average molecular weight is 370 g/mol. The van der Waals surface area contributed by atoms with Gasteiger partial charge in [-0.2, -0.15) is 5.10 Å². The topological polar surface area (TPSA) is 38.0 Å². The van der Waals surface area contributed by atoms with Gasteiger partial charge in [0.25, 0.3) is 0 Å². The van der Waals surface area contributed by atoms with E-state index < -0.39 is 6.10 Å². The summed E-state index contributed by atoms with van der Waals surface area (Å²) >= 11 is 2.26. The van der Waals surface area contributed by atoms with E-state index in [2.05, 4.69) is 41.5 Å². The Morgan fingerprint density at radius 1 is 1.37 bits per heavy atom. The summed E-state index contributed by atoms with van der Waals surface area (Å²) in [6.07, 6.45) is 3.12. The molecule has 0 aliphatic rings. The Morgan fingerprint density at radius 2 is 2.16 bits per heavy atom. The number of halogens is 1. The lowest BCUT2D eigenvalue weighted by Crippen LogP contribution is -2.07. The molecular formula is C15H19IN2O. The van der Waals surface area contributed by atoms with E-state index in [0.717, 1.165) is 21.2 Å². The third-order valence-electron chi connectivity index (χ3n) is 3.34. The van der Waals surface area contributed by atoms with Crippen molar-refractivity contribution >= 4 is 22.6 Å². The zero-order valence-electron chi connectivity index (χ0n) is 11.3.